The lowest BCUT2D eigenvalue weighted by molar-refractivity contribution is 0.0697. The zero-order chi connectivity index (χ0) is 12.6. The van der Waals surface area contributed by atoms with E-state index in [9.17, 15) is 13.2 Å². The Bertz CT molecular complexity index is 566. The summed E-state index contributed by atoms with van der Waals surface area (Å²) in [6.45, 7) is 0. The highest BCUT2D eigenvalue weighted by atomic mass is 35.5. The molecular weight excluding hydrogens is 266 g/mol. The summed E-state index contributed by atoms with van der Waals surface area (Å²) < 4.78 is 25.6. The highest BCUT2D eigenvalue weighted by Crippen LogP contribution is 2.30. The van der Waals surface area contributed by atoms with Crippen molar-refractivity contribution in [2.45, 2.75) is 18.1 Å². The molecule has 2 N–H and O–H groups in total. The van der Waals surface area contributed by atoms with Crippen molar-refractivity contribution >= 4 is 33.3 Å². The van der Waals surface area contributed by atoms with Crippen molar-refractivity contribution in [2.24, 2.45) is 0 Å². The summed E-state index contributed by atoms with van der Waals surface area (Å²) in [6, 6.07) is 3.95. The van der Waals surface area contributed by atoms with E-state index in [1.165, 1.54) is 18.2 Å². The van der Waals surface area contributed by atoms with Crippen molar-refractivity contribution in [1.82, 2.24) is 0 Å². The topological polar surface area (TPSA) is 83.5 Å². The molecule has 0 spiro atoms. The first kappa shape index (κ1) is 12.2. The number of sulfonamides is 1. The van der Waals surface area contributed by atoms with E-state index < -0.39 is 16.0 Å². The summed E-state index contributed by atoms with van der Waals surface area (Å²) in [5.74, 6) is -1.15. The quantitative estimate of drug-likeness (QED) is 0.880. The molecule has 5 nitrogen and oxygen atoms in total. The lowest BCUT2D eigenvalue weighted by atomic mass is 10.2. The number of carbonyl (C=O) groups is 1. The molecule has 0 radical (unpaired) electrons. The third-order valence-corrected chi connectivity index (χ3v) is 4.60. The first-order valence-corrected chi connectivity index (χ1v) is 6.87. The Balaban J connectivity index is 2.23. The second-order valence-electron chi connectivity index (χ2n) is 3.85. The van der Waals surface area contributed by atoms with E-state index in [0.29, 0.717) is 12.8 Å². The Kier molecular flexibility index (Phi) is 3.01. The average molecular weight is 276 g/mol. The van der Waals surface area contributed by atoms with Gasteiger partial charge in [0.05, 0.1) is 21.5 Å². The largest absolute Gasteiger partial charge is 0.478 e. The maximum absolute atomic E-state index is 11.6. The van der Waals surface area contributed by atoms with Crippen molar-refractivity contribution in [3.8, 4) is 0 Å². The highest BCUT2D eigenvalue weighted by Gasteiger charge is 2.35. The van der Waals surface area contributed by atoms with Crippen LogP contribution in [0.15, 0.2) is 18.2 Å². The minimum Gasteiger partial charge on any atom is -0.478 e. The van der Waals surface area contributed by atoms with E-state index in [1.807, 2.05) is 0 Å². The number of hydrogen-bond donors (Lipinski definition) is 2. The van der Waals surface area contributed by atoms with Crippen LogP contribution in [0.5, 0.6) is 0 Å². The van der Waals surface area contributed by atoms with Crippen LogP contribution in [0, 0.1) is 0 Å². The standard InChI is InChI=1S/C10H10ClNO4S/c11-9-5-6(1-4-8(9)10(13)14)12-17(15,16)7-2-3-7/h1,4-5,7,12H,2-3H2,(H,13,14). The molecule has 0 bridgehead atoms. The van der Waals surface area contributed by atoms with Gasteiger partial charge in [-0.15, -0.1) is 0 Å². The lowest BCUT2D eigenvalue weighted by Crippen LogP contribution is -2.17. The molecule has 1 aromatic carbocycles. The summed E-state index contributed by atoms with van der Waals surface area (Å²) in [7, 11) is -3.35. The fourth-order valence-corrected chi connectivity index (χ4v) is 3.02. The lowest BCUT2D eigenvalue weighted by Gasteiger charge is -2.08. The molecule has 0 heterocycles. The Hall–Kier alpha value is -1.27. The van der Waals surface area contributed by atoms with Gasteiger partial charge in [-0.1, -0.05) is 11.6 Å². The molecule has 0 amide bonds. The van der Waals surface area contributed by atoms with E-state index in [-0.39, 0.29) is 21.5 Å². The second kappa shape index (κ2) is 4.19. The van der Waals surface area contributed by atoms with Crippen LogP contribution >= 0.6 is 11.6 Å². The van der Waals surface area contributed by atoms with Gasteiger partial charge in [-0.3, -0.25) is 4.72 Å². The average Bonchev–Trinajstić information content (AvgIpc) is 2.98. The molecule has 92 valence electrons. The van der Waals surface area contributed by atoms with Crippen LogP contribution in [-0.2, 0) is 10.0 Å². The van der Waals surface area contributed by atoms with Gasteiger partial charge in [-0.05, 0) is 31.0 Å². The van der Waals surface area contributed by atoms with Gasteiger partial charge in [0.2, 0.25) is 10.0 Å². The van der Waals surface area contributed by atoms with E-state index in [2.05, 4.69) is 4.72 Å². The Morgan fingerprint density at radius 2 is 2.06 bits per heavy atom. The maximum atomic E-state index is 11.6. The summed E-state index contributed by atoms with van der Waals surface area (Å²) in [5, 5.41) is 8.44. The van der Waals surface area contributed by atoms with Gasteiger partial charge in [-0.25, -0.2) is 13.2 Å². The highest BCUT2D eigenvalue weighted by molar-refractivity contribution is 7.93. The number of hydrogen-bond acceptors (Lipinski definition) is 3. The van der Waals surface area contributed by atoms with Crippen molar-refractivity contribution in [1.29, 1.82) is 0 Å². The van der Waals surface area contributed by atoms with Crippen LogP contribution in [0.25, 0.3) is 0 Å². The van der Waals surface area contributed by atoms with Crippen LogP contribution in [0.3, 0.4) is 0 Å². The normalized spacial score (nSPS) is 15.6. The minimum absolute atomic E-state index is 0.00787. The van der Waals surface area contributed by atoms with Gasteiger partial charge in [0.25, 0.3) is 0 Å². The SMILES string of the molecule is O=C(O)c1ccc(NS(=O)(=O)C2CC2)cc1Cl. The molecule has 1 aromatic rings. The van der Waals surface area contributed by atoms with Gasteiger partial charge in [0.15, 0.2) is 0 Å². The molecule has 0 aromatic heterocycles. The monoisotopic (exact) mass is 275 g/mol. The first-order chi connectivity index (χ1) is 7.90. The van der Waals surface area contributed by atoms with Crippen LogP contribution in [0.4, 0.5) is 5.69 Å². The number of halogens is 1. The molecular formula is C10H10ClNO4S. The summed E-state index contributed by atoms with van der Waals surface area (Å²) in [5.41, 5.74) is 0.230. The Labute approximate surface area is 103 Å². The predicted molar refractivity (Wildman–Crippen MR) is 64.0 cm³/mol. The molecule has 1 aliphatic rings. The molecule has 17 heavy (non-hydrogen) atoms. The molecule has 1 aliphatic carbocycles. The predicted octanol–water partition coefficient (Wildman–Crippen LogP) is 1.94. The van der Waals surface area contributed by atoms with Crippen LogP contribution in [-0.4, -0.2) is 24.7 Å². The van der Waals surface area contributed by atoms with Crippen molar-refractivity contribution in [2.75, 3.05) is 4.72 Å². The van der Waals surface area contributed by atoms with Gasteiger partial charge >= 0.3 is 5.97 Å². The van der Waals surface area contributed by atoms with Gasteiger partial charge in [0, 0.05) is 0 Å². The Morgan fingerprint density at radius 1 is 1.41 bits per heavy atom. The van der Waals surface area contributed by atoms with Crippen molar-refractivity contribution in [3.63, 3.8) is 0 Å². The van der Waals surface area contributed by atoms with Gasteiger partial charge in [-0.2, -0.15) is 0 Å². The number of rotatable bonds is 4. The molecule has 0 saturated heterocycles. The van der Waals surface area contributed by atoms with Crippen LogP contribution in [0.2, 0.25) is 5.02 Å². The minimum atomic E-state index is -3.35. The van der Waals surface area contributed by atoms with Crippen molar-refractivity contribution in [3.05, 3.63) is 28.8 Å². The summed E-state index contributed by atoms with van der Waals surface area (Å²) in [4.78, 5) is 10.7. The molecule has 2 rings (SSSR count). The van der Waals surface area contributed by atoms with E-state index in [1.54, 1.807) is 0 Å². The molecule has 0 unspecified atom stereocenters. The number of nitrogens with one attached hydrogen (secondary N) is 1. The number of benzene rings is 1. The number of carboxylic acid groups (broad SMARTS) is 1. The molecule has 1 saturated carbocycles. The number of carboxylic acids is 1. The van der Waals surface area contributed by atoms with E-state index in [4.69, 9.17) is 16.7 Å². The molecule has 0 atom stereocenters. The summed E-state index contributed by atoms with van der Waals surface area (Å²) in [6.07, 6.45) is 1.33. The smallest absolute Gasteiger partial charge is 0.337 e. The van der Waals surface area contributed by atoms with Gasteiger partial charge in [0.1, 0.15) is 0 Å². The Morgan fingerprint density at radius 3 is 2.53 bits per heavy atom. The fourth-order valence-electron chi connectivity index (χ4n) is 1.38. The van der Waals surface area contributed by atoms with E-state index >= 15 is 0 Å². The fraction of sp³-hybridized carbons (Fsp3) is 0.300. The van der Waals surface area contributed by atoms with Gasteiger partial charge < -0.3 is 5.11 Å². The van der Waals surface area contributed by atoms with Crippen LogP contribution < -0.4 is 4.72 Å². The number of anilines is 1. The zero-order valence-corrected chi connectivity index (χ0v) is 10.3. The molecule has 1 fully saturated rings. The van der Waals surface area contributed by atoms with Crippen LogP contribution in [0.1, 0.15) is 23.2 Å². The molecule has 0 aliphatic heterocycles. The first-order valence-electron chi connectivity index (χ1n) is 4.94. The molecule has 7 heteroatoms. The third-order valence-electron chi connectivity index (χ3n) is 2.42. The second-order valence-corrected chi connectivity index (χ2v) is 6.21. The third kappa shape index (κ3) is 2.70. The van der Waals surface area contributed by atoms with Crippen molar-refractivity contribution < 1.29 is 18.3 Å². The number of aromatic carboxylic acids is 1. The zero-order valence-electron chi connectivity index (χ0n) is 8.68. The summed E-state index contributed by atoms with van der Waals surface area (Å²) >= 11 is 5.73. The van der Waals surface area contributed by atoms with E-state index in [0.717, 1.165) is 0 Å². The maximum Gasteiger partial charge on any atom is 0.337 e.